The summed E-state index contributed by atoms with van der Waals surface area (Å²) in [4.78, 5) is 0. The standard InChI is InChI=1S/C16H25Br/c1-15(2)8-4-9-16(3)12(7-10-17)11-5-6-13(16)14(11)15/h7,11,13-14H,4-6,8-10H2,1-3H3. The largest absolute Gasteiger partial charge is 0.0883 e. The van der Waals surface area contributed by atoms with Crippen LogP contribution in [0.25, 0.3) is 0 Å². The Bertz CT molecular complexity index is 355. The normalized spacial score (nSPS) is 49.6. The summed E-state index contributed by atoms with van der Waals surface area (Å²) in [6.07, 6.45) is 9.79. The van der Waals surface area contributed by atoms with Crippen molar-refractivity contribution in [3.8, 4) is 0 Å². The van der Waals surface area contributed by atoms with Crippen molar-refractivity contribution in [2.75, 3.05) is 5.33 Å². The lowest BCUT2D eigenvalue weighted by molar-refractivity contribution is 0.141. The fraction of sp³-hybridized carbons (Fsp3) is 0.875. The van der Waals surface area contributed by atoms with Gasteiger partial charge in [-0.25, -0.2) is 0 Å². The molecular weight excluding hydrogens is 272 g/mol. The van der Waals surface area contributed by atoms with Gasteiger partial charge in [0.25, 0.3) is 0 Å². The Morgan fingerprint density at radius 2 is 2.00 bits per heavy atom. The van der Waals surface area contributed by atoms with E-state index in [0.29, 0.717) is 10.8 Å². The van der Waals surface area contributed by atoms with Crippen molar-refractivity contribution in [1.29, 1.82) is 0 Å². The van der Waals surface area contributed by atoms with E-state index in [2.05, 4.69) is 42.8 Å². The summed E-state index contributed by atoms with van der Waals surface area (Å²) in [6, 6.07) is 0. The molecule has 0 radical (unpaired) electrons. The summed E-state index contributed by atoms with van der Waals surface area (Å²) in [5.74, 6) is 2.87. The van der Waals surface area contributed by atoms with Crippen molar-refractivity contribution in [2.24, 2.45) is 28.6 Å². The predicted octanol–water partition coefficient (Wildman–Crippen LogP) is 5.18. The highest BCUT2D eigenvalue weighted by Crippen LogP contribution is 2.70. The number of hydrogen-bond acceptors (Lipinski definition) is 0. The summed E-state index contributed by atoms with van der Waals surface area (Å²) in [5, 5.41) is 1.05. The number of hydrogen-bond donors (Lipinski definition) is 0. The van der Waals surface area contributed by atoms with E-state index in [4.69, 9.17) is 0 Å². The zero-order valence-corrected chi connectivity index (χ0v) is 13.0. The second-order valence-corrected chi connectivity index (χ2v) is 8.04. The molecule has 0 nitrogen and oxygen atoms in total. The average molecular weight is 297 g/mol. The minimum absolute atomic E-state index is 0.551. The second-order valence-electron chi connectivity index (χ2n) is 7.39. The summed E-state index contributed by atoms with van der Waals surface area (Å²) in [5.41, 5.74) is 2.95. The molecule has 4 bridgehead atoms. The van der Waals surface area contributed by atoms with E-state index >= 15 is 0 Å². The molecule has 0 heterocycles. The summed E-state index contributed by atoms with van der Waals surface area (Å²) in [7, 11) is 0. The Hall–Kier alpha value is 0.220. The number of rotatable bonds is 1. The average Bonchev–Trinajstić information content (AvgIpc) is 2.74. The van der Waals surface area contributed by atoms with Crippen LogP contribution in [0.1, 0.15) is 52.9 Å². The first kappa shape index (κ1) is 12.3. The van der Waals surface area contributed by atoms with Gasteiger partial charge in [0.1, 0.15) is 0 Å². The molecule has 4 unspecified atom stereocenters. The van der Waals surface area contributed by atoms with Crippen molar-refractivity contribution in [2.45, 2.75) is 52.9 Å². The van der Waals surface area contributed by atoms with E-state index in [1.54, 1.807) is 0 Å². The van der Waals surface area contributed by atoms with Crippen LogP contribution in [-0.2, 0) is 0 Å². The third kappa shape index (κ3) is 1.54. The van der Waals surface area contributed by atoms with Gasteiger partial charge >= 0.3 is 0 Å². The molecule has 3 fully saturated rings. The molecule has 17 heavy (non-hydrogen) atoms. The van der Waals surface area contributed by atoms with Crippen LogP contribution in [0.5, 0.6) is 0 Å². The molecule has 4 atom stereocenters. The summed E-state index contributed by atoms with van der Waals surface area (Å²) < 4.78 is 0. The van der Waals surface area contributed by atoms with E-state index in [1.165, 1.54) is 32.1 Å². The lowest BCUT2D eigenvalue weighted by atomic mass is 9.68. The van der Waals surface area contributed by atoms with Crippen LogP contribution in [0.4, 0.5) is 0 Å². The van der Waals surface area contributed by atoms with E-state index in [0.717, 1.165) is 23.1 Å². The smallest absolute Gasteiger partial charge is 0.0215 e. The van der Waals surface area contributed by atoms with Crippen LogP contribution >= 0.6 is 15.9 Å². The van der Waals surface area contributed by atoms with Crippen molar-refractivity contribution >= 4 is 15.9 Å². The maximum atomic E-state index is 3.62. The zero-order chi connectivity index (χ0) is 12.3. The maximum absolute atomic E-state index is 3.62. The van der Waals surface area contributed by atoms with E-state index < -0.39 is 0 Å². The maximum Gasteiger partial charge on any atom is 0.0215 e. The van der Waals surface area contributed by atoms with Crippen molar-refractivity contribution in [1.82, 2.24) is 0 Å². The molecule has 3 aliphatic carbocycles. The first-order valence-electron chi connectivity index (χ1n) is 7.27. The predicted molar refractivity (Wildman–Crippen MR) is 77.3 cm³/mol. The van der Waals surface area contributed by atoms with Gasteiger partial charge in [-0.15, -0.1) is 0 Å². The first-order chi connectivity index (χ1) is 8.00. The van der Waals surface area contributed by atoms with Gasteiger partial charge < -0.3 is 0 Å². The van der Waals surface area contributed by atoms with Crippen LogP contribution < -0.4 is 0 Å². The Labute approximate surface area is 114 Å². The van der Waals surface area contributed by atoms with Gasteiger partial charge in [-0.2, -0.15) is 0 Å². The molecular formula is C16H25Br. The molecule has 0 aromatic rings. The fourth-order valence-electron chi connectivity index (χ4n) is 5.66. The summed E-state index contributed by atoms with van der Waals surface area (Å²) in [6.45, 7) is 7.64. The molecule has 0 aliphatic heterocycles. The van der Waals surface area contributed by atoms with Crippen LogP contribution in [0.3, 0.4) is 0 Å². The number of halogens is 1. The highest BCUT2D eigenvalue weighted by molar-refractivity contribution is 9.09. The molecule has 0 spiro atoms. The molecule has 3 rings (SSSR count). The van der Waals surface area contributed by atoms with Crippen molar-refractivity contribution in [3.05, 3.63) is 11.6 Å². The van der Waals surface area contributed by atoms with Gasteiger partial charge in [0.05, 0.1) is 0 Å². The van der Waals surface area contributed by atoms with Gasteiger partial charge in [0, 0.05) is 5.33 Å². The molecule has 3 saturated carbocycles. The fourth-order valence-corrected chi connectivity index (χ4v) is 6.01. The van der Waals surface area contributed by atoms with Crippen LogP contribution in [-0.4, -0.2) is 5.33 Å². The second kappa shape index (κ2) is 3.85. The summed E-state index contributed by atoms with van der Waals surface area (Å²) >= 11 is 3.62. The number of alkyl halides is 1. The van der Waals surface area contributed by atoms with Crippen LogP contribution in [0.15, 0.2) is 11.6 Å². The Morgan fingerprint density at radius 1 is 1.24 bits per heavy atom. The highest BCUT2D eigenvalue weighted by atomic mass is 79.9. The molecule has 0 amide bonds. The lowest BCUT2D eigenvalue weighted by Gasteiger charge is -2.36. The van der Waals surface area contributed by atoms with Gasteiger partial charge in [0.2, 0.25) is 0 Å². The van der Waals surface area contributed by atoms with E-state index in [1.807, 2.05) is 5.57 Å². The molecule has 0 aromatic heterocycles. The minimum Gasteiger partial charge on any atom is -0.0883 e. The molecule has 0 N–H and O–H groups in total. The van der Waals surface area contributed by atoms with E-state index in [9.17, 15) is 0 Å². The molecule has 96 valence electrons. The van der Waals surface area contributed by atoms with Gasteiger partial charge in [-0.1, -0.05) is 54.8 Å². The topological polar surface area (TPSA) is 0 Å². The number of allylic oxidation sites excluding steroid dienone is 2. The SMILES string of the molecule is CC1(C)CCCC2(C)C(=CCBr)C3CCC2C31. The van der Waals surface area contributed by atoms with Gasteiger partial charge in [-0.05, 0) is 54.3 Å². The minimum atomic E-state index is 0.551. The molecule has 0 saturated heterocycles. The highest BCUT2D eigenvalue weighted by Gasteiger charge is 2.62. The molecule has 0 aromatic carbocycles. The third-order valence-corrected chi connectivity index (χ3v) is 6.57. The monoisotopic (exact) mass is 296 g/mol. The van der Waals surface area contributed by atoms with Crippen molar-refractivity contribution < 1.29 is 0 Å². The first-order valence-corrected chi connectivity index (χ1v) is 8.39. The molecule has 3 aliphatic rings. The quantitative estimate of drug-likeness (QED) is 0.462. The van der Waals surface area contributed by atoms with Crippen LogP contribution in [0, 0.1) is 28.6 Å². The van der Waals surface area contributed by atoms with Gasteiger partial charge in [-0.3, -0.25) is 0 Å². The van der Waals surface area contributed by atoms with E-state index in [-0.39, 0.29) is 0 Å². The van der Waals surface area contributed by atoms with Gasteiger partial charge in [0.15, 0.2) is 0 Å². The van der Waals surface area contributed by atoms with Crippen LogP contribution in [0.2, 0.25) is 0 Å². The Kier molecular flexibility index (Phi) is 2.78. The zero-order valence-electron chi connectivity index (χ0n) is 11.4. The molecule has 1 heteroatoms. The van der Waals surface area contributed by atoms with Crippen molar-refractivity contribution in [3.63, 3.8) is 0 Å². The third-order valence-electron chi connectivity index (χ3n) is 6.25. The Morgan fingerprint density at radius 3 is 2.71 bits per heavy atom. The lowest BCUT2D eigenvalue weighted by Crippen LogP contribution is -2.28. The Balaban J connectivity index is 2.08.